The van der Waals surface area contributed by atoms with Crippen LogP contribution in [0.5, 0.6) is 6.01 Å². The number of halogens is 2. The van der Waals surface area contributed by atoms with Gasteiger partial charge in [0.25, 0.3) is 5.91 Å². The van der Waals surface area contributed by atoms with Crippen LogP contribution >= 0.6 is 11.6 Å². The van der Waals surface area contributed by atoms with Crippen molar-refractivity contribution >= 4 is 23.2 Å². The zero-order chi connectivity index (χ0) is 15.6. The van der Waals surface area contributed by atoms with Crippen LogP contribution in [-0.2, 0) is 0 Å². The maximum Gasteiger partial charge on any atom is 0.316 e. The lowest BCUT2D eigenvalue weighted by molar-refractivity contribution is 0.102. The largest absolute Gasteiger partial charge is 0.467 e. The Morgan fingerprint density at radius 3 is 2.43 bits per heavy atom. The molecule has 0 saturated heterocycles. The van der Waals surface area contributed by atoms with Crippen LogP contribution < -0.4 is 10.1 Å². The lowest BCUT2D eigenvalue weighted by atomic mass is 10.2. The topological polar surface area (TPSA) is 64.1 Å². The Morgan fingerprint density at radius 2 is 1.90 bits per heavy atom. The first kappa shape index (κ1) is 15.2. The summed E-state index contributed by atoms with van der Waals surface area (Å²) in [7, 11) is 1.46. The van der Waals surface area contributed by atoms with Crippen molar-refractivity contribution in [2.24, 2.45) is 0 Å². The van der Waals surface area contributed by atoms with Crippen LogP contribution in [0, 0.1) is 19.7 Å². The summed E-state index contributed by atoms with van der Waals surface area (Å²) in [6, 6.07) is 3.80. The molecule has 0 fully saturated rings. The van der Waals surface area contributed by atoms with Crippen LogP contribution in [0.25, 0.3) is 0 Å². The van der Waals surface area contributed by atoms with Gasteiger partial charge in [-0.25, -0.2) is 4.39 Å². The van der Waals surface area contributed by atoms with Gasteiger partial charge in [-0.2, -0.15) is 9.97 Å². The summed E-state index contributed by atoms with van der Waals surface area (Å²) in [6.45, 7) is 3.44. The number of carbonyl (C=O) groups is 1. The number of amides is 1. The molecule has 0 aliphatic rings. The molecule has 0 spiro atoms. The van der Waals surface area contributed by atoms with Crippen molar-refractivity contribution in [3.05, 3.63) is 46.0 Å². The molecule has 2 rings (SSSR count). The van der Waals surface area contributed by atoms with Crippen molar-refractivity contribution in [3.63, 3.8) is 0 Å². The molecule has 1 heterocycles. The molecule has 0 saturated carbocycles. The van der Waals surface area contributed by atoms with Gasteiger partial charge in [0.1, 0.15) is 5.82 Å². The summed E-state index contributed by atoms with van der Waals surface area (Å²) in [5.74, 6) is -0.961. The fraction of sp³-hybridized carbons (Fsp3) is 0.214. The highest BCUT2D eigenvalue weighted by molar-refractivity contribution is 6.34. The van der Waals surface area contributed by atoms with Crippen molar-refractivity contribution in [2.45, 2.75) is 13.8 Å². The lowest BCUT2D eigenvalue weighted by Crippen LogP contribution is -2.16. The molecule has 1 amide bonds. The Labute approximate surface area is 126 Å². The molecule has 1 aromatic heterocycles. The van der Waals surface area contributed by atoms with Gasteiger partial charge < -0.3 is 10.1 Å². The van der Waals surface area contributed by atoms with Gasteiger partial charge in [-0.1, -0.05) is 11.6 Å². The third-order valence-electron chi connectivity index (χ3n) is 2.85. The Bertz CT molecular complexity index is 684. The van der Waals surface area contributed by atoms with E-state index in [2.05, 4.69) is 15.3 Å². The van der Waals surface area contributed by atoms with E-state index in [9.17, 15) is 9.18 Å². The third kappa shape index (κ3) is 3.28. The molecule has 110 valence electrons. The number of aromatic nitrogens is 2. The van der Waals surface area contributed by atoms with E-state index < -0.39 is 11.7 Å². The molecule has 2 aromatic rings. The van der Waals surface area contributed by atoms with Gasteiger partial charge in [0.05, 0.1) is 34.8 Å². The fourth-order valence-corrected chi connectivity index (χ4v) is 2.07. The normalized spacial score (nSPS) is 10.3. The van der Waals surface area contributed by atoms with Crippen molar-refractivity contribution < 1.29 is 13.9 Å². The molecule has 0 aliphatic carbocycles. The first-order chi connectivity index (χ1) is 9.92. The number of rotatable bonds is 3. The Kier molecular flexibility index (Phi) is 4.37. The van der Waals surface area contributed by atoms with Gasteiger partial charge in [-0.15, -0.1) is 0 Å². The van der Waals surface area contributed by atoms with E-state index in [-0.39, 0.29) is 16.6 Å². The molecule has 0 atom stereocenters. The average molecular weight is 310 g/mol. The molecule has 0 unspecified atom stereocenters. The second-order valence-corrected chi connectivity index (χ2v) is 4.74. The first-order valence-corrected chi connectivity index (χ1v) is 6.45. The van der Waals surface area contributed by atoms with Crippen LogP contribution in [0.15, 0.2) is 18.2 Å². The van der Waals surface area contributed by atoms with Crippen LogP contribution in [-0.4, -0.2) is 23.0 Å². The number of nitrogens with one attached hydrogen (secondary N) is 1. The SMILES string of the molecule is COc1nc(C)c(NC(=O)c2ccc(F)cc2Cl)c(C)n1. The summed E-state index contributed by atoms with van der Waals surface area (Å²) in [5, 5.41) is 2.72. The minimum absolute atomic E-state index is 0.0391. The highest BCUT2D eigenvalue weighted by Crippen LogP contribution is 2.22. The van der Waals surface area contributed by atoms with Crippen molar-refractivity contribution in [1.29, 1.82) is 0 Å². The van der Waals surface area contributed by atoms with E-state index in [0.29, 0.717) is 17.1 Å². The number of benzene rings is 1. The monoisotopic (exact) mass is 309 g/mol. The van der Waals surface area contributed by atoms with Crippen LogP contribution in [0.4, 0.5) is 10.1 Å². The second-order valence-electron chi connectivity index (χ2n) is 4.33. The number of hydrogen-bond donors (Lipinski definition) is 1. The van der Waals surface area contributed by atoms with Crippen molar-refractivity contribution in [2.75, 3.05) is 12.4 Å². The van der Waals surface area contributed by atoms with E-state index >= 15 is 0 Å². The Hall–Kier alpha value is -2.21. The lowest BCUT2D eigenvalue weighted by Gasteiger charge is -2.12. The van der Waals surface area contributed by atoms with Crippen LogP contribution in [0.1, 0.15) is 21.7 Å². The van der Waals surface area contributed by atoms with Crippen molar-refractivity contribution in [3.8, 4) is 6.01 Å². The number of carbonyl (C=O) groups excluding carboxylic acids is 1. The molecule has 0 bridgehead atoms. The average Bonchev–Trinajstić information content (AvgIpc) is 2.42. The highest BCUT2D eigenvalue weighted by atomic mass is 35.5. The zero-order valence-electron chi connectivity index (χ0n) is 11.7. The van der Waals surface area contributed by atoms with E-state index in [4.69, 9.17) is 16.3 Å². The van der Waals surface area contributed by atoms with Crippen LogP contribution in [0.3, 0.4) is 0 Å². The highest BCUT2D eigenvalue weighted by Gasteiger charge is 2.15. The number of anilines is 1. The first-order valence-electron chi connectivity index (χ1n) is 6.08. The summed E-state index contributed by atoms with van der Waals surface area (Å²) in [4.78, 5) is 20.4. The summed E-state index contributed by atoms with van der Waals surface area (Å²) >= 11 is 5.87. The zero-order valence-corrected chi connectivity index (χ0v) is 12.5. The van der Waals surface area contributed by atoms with Gasteiger partial charge in [-0.3, -0.25) is 4.79 Å². The van der Waals surface area contributed by atoms with Crippen molar-refractivity contribution in [1.82, 2.24) is 9.97 Å². The molecule has 1 aromatic carbocycles. The second kappa shape index (κ2) is 6.05. The predicted molar refractivity (Wildman–Crippen MR) is 77.4 cm³/mol. The van der Waals surface area contributed by atoms with Gasteiger partial charge in [0.2, 0.25) is 0 Å². The minimum atomic E-state index is -0.503. The van der Waals surface area contributed by atoms with E-state index in [1.165, 1.54) is 19.2 Å². The molecular formula is C14H13ClFN3O2. The van der Waals surface area contributed by atoms with E-state index in [1.54, 1.807) is 13.8 Å². The summed E-state index contributed by atoms with van der Waals surface area (Å²) in [5.41, 5.74) is 1.77. The molecule has 5 nitrogen and oxygen atoms in total. The van der Waals surface area contributed by atoms with Gasteiger partial charge in [0.15, 0.2) is 0 Å². The molecular weight excluding hydrogens is 297 g/mol. The molecule has 21 heavy (non-hydrogen) atoms. The maximum absolute atomic E-state index is 13.0. The van der Waals surface area contributed by atoms with Crippen LogP contribution in [0.2, 0.25) is 5.02 Å². The number of methoxy groups -OCH3 is 1. The molecule has 0 aliphatic heterocycles. The quantitative estimate of drug-likeness (QED) is 0.946. The predicted octanol–water partition coefficient (Wildman–Crippen LogP) is 3.15. The number of aryl methyl sites for hydroxylation is 2. The standard InChI is InChI=1S/C14H13ClFN3O2/c1-7-12(8(2)18-14(17-7)21-3)19-13(20)10-5-4-9(16)6-11(10)15/h4-6H,1-3H3,(H,19,20). The Morgan fingerprint density at radius 1 is 1.29 bits per heavy atom. The molecule has 0 radical (unpaired) electrons. The minimum Gasteiger partial charge on any atom is -0.467 e. The molecule has 7 heteroatoms. The van der Waals surface area contributed by atoms with Gasteiger partial charge in [0, 0.05) is 0 Å². The smallest absolute Gasteiger partial charge is 0.316 e. The number of ether oxygens (including phenoxy) is 1. The maximum atomic E-state index is 13.0. The fourth-order valence-electron chi connectivity index (χ4n) is 1.81. The van der Waals surface area contributed by atoms with Gasteiger partial charge in [-0.05, 0) is 32.0 Å². The third-order valence-corrected chi connectivity index (χ3v) is 3.16. The van der Waals surface area contributed by atoms with E-state index in [1.807, 2.05) is 0 Å². The summed E-state index contributed by atoms with van der Waals surface area (Å²) < 4.78 is 18.0. The number of nitrogens with zero attached hydrogens (tertiary/aromatic N) is 2. The summed E-state index contributed by atoms with van der Waals surface area (Å²) in [6.07, 6.45) is 0. The molecule has 1 N–H and O–H groups in total. The van der Waals surface area contributed by atoms with Gasteiger partial charge >= 0.3 is 6.01 Å². The number of hydrogen-bond acceptors (Lipinski definition) is 4. The Balaban J connectivity index is 2.32. The van der Waals surface area contributed by atoms with E-state index in [0.717, 1.165) is 6.07 Å².